The molecule has 2 saturated heterocycles. The second-order valence-corrected chi connectivity index (χ2v) is 4.92. The first-order chi connectivity index (χ1) is 8.35. The standard InChI is InChI=1S/C13H22N2O2/c14-7-3-1-2-4-8-15-9-5-13(6-10-15)16-11-12-17-13/h1-6,8-12H2. The lowest BCUT2D eigenvalue weighted by molar-refractivity contribution is -0.185. The molecule has 4 nitrogen and oxygen atoms in total. The Morgan fingerprint density at radius 2 is 1.76 bits per heavy atom. The minimum absolute atomic E-state index is 0.239. The van der Waals surface area contributed by atoms with E-state index in [1.807, 2.05) is 0 Å². The van der Waals surface area contributed by atoms with Crippen LogP contribution in [0.5, 0.6) is 0 Å². The van der Waals surface area contributed by atoms with Gasteiger partial charge in [0.05, 0.1) is 19.3 Å². The minimum Gasteiger partial charge on any atom is -0.347 e. The fourth-order valence-electron chi connectivity index (χ4n) is 2.62. The Morgan fingerprint density at radius 3 is 2.41 bits per heavy atom. The highest BCUT2D eigenvalue weighted by molar-refractivity contribution is 4.82. The Morgan fingerprint density at radius 1 is 1.06 bits per heavy atom. The molecule has 1 spiro atoms. The van der Waals surface area contributed by atoms with Crippen LogP contribution in [0.3, 0.4) is 0 Å². The molecule has 2 aliphatic rings. The van der Waals surface area contributed by atoms with E-state index in [0.29, 0.717) is 6.42 Å². The summed E-state index contributed by atoms with van der Waals surface area (Å²) in [7, 11) is 0. The molecular weight excluding hydrogens is 216 g/mol. The molecule has 0 amide bonds. The van der Waals surface area contributed by atoms with Crippen LogP contribution in [0.1, 0.15) is 38.5 Å². The van der Waals surface area contributed by atoms with E-state index in [4.69, 9.17) is 14.7 Å². The molecule has 0 unspecified atom stereocenters. The molecule has 0 N–H and O–H groups in total. The second kappa shape index (κ2) is 6.34. The van der Waals surface area contributed by atoms with E-state index in [0.717, 1.165) is 52.1 Å². The fraction of sp³-hybridized carbons (Fsp3) is 0.923. The predicted octanol–water partition coefficient (Wildman–Crippen LogP) is 1.91. The zero-order valence-electron chi connectivity index (χ0n) is 10.5. The number of likely N-dealkylation sites (tertiary alicyclic amines) is 1. The summed E-state index contributed by atoms with van der Waals surface area (Å²) >= 11 is 0. The molecule has 0 aliphatic carbocycles. The van der Waals surface area contributed by atoms with Gasteiger partial charge < -0.3 is 14.4 Å². The fourth-order valence-corrected chi connectivity index (χ4v) is 2.62. The third kappa shape index (κ3) is 3.67. The maximum atomic E-state index is 8.44. The maximum absolute atomic E-state index is 8.44. The van der Waals surface area contributed by atoms with E-state index in [-0.39, 0.29) is 5.79 Å². The number of nitriles is 1. The highest BCUT2D eigenvalue weighted by atomic mass is 16.7. The van der Waals surface area contributed by atoms with Crippen molar-refractivity contribution in [2.75, 3.05) is 32.8 Å². The van der Waals surface area contributed by atoms with Gasteiger partial charge in [0.2, 0.25) is 0 Å². The quantitative estimate of drug-likeness (QED) is 0.686. The van der Waals surface area contributed by atoms with Crippen LogP contribution in [0.4, 0.5) is 0 Å². The summed E-state index contributed by atoms with van der Waals surface area (Å²) in [4.78, 5) is 2.49. The van der Waals surface area contributed by atoms with Crippen molar-refractivity contribution in [1.29, 1.82) is 5.26 Å². The summed E-state index contributed by atoms with van der Waals surface area (Å²) in [5, 5.41) is 8.44. The van der Waals surface area contributed by atoms with Crippen molar-refractivity contribution in [1.82, 2.24) is 4.90 Å². The Bertz CT molecular complexity index is 259. The Kier molecular flexibility index (Phi) is 4.78. The number of ether oxygens (including phenoxy) is 2. The molecule has 2 heterocycles. The number of rotatable bonds is 5. The van der Waals surface area contributed by atoms with Gasteiger partial charge in [0.15, 0.2) is 5.79 Å². The predicted molar refractivity (Wildman–Crippen MR) is 64.4 cm³/mol. The molecule has 96 valence electrons. The number of nitrogens with zero attached hydrogens (tertiary/aromatic N) is 2. The SMILES string of the molecule is N#CCCCCCN1CCC2(CC1)OCCO2. The van der Waals surface area contributed by atoms with Crippen molar-refractivity contribution in [3.05, 3.63) is 0 Å². The van der Waals surface area contributed by atoms with Gasteiger partial charge in [-0.3, -0.25) is 0 Å². The first-order valence-electron chi connectivity index (χ1n) is 6.72. The molecule has 2 fully saturated rings. The summed E-state index contributed by atoms with van der Waals surface area (Å²) in [5.41, 5.74) is 0. The van der Waals surface area contributed by atoms with E-state index < -0.39 is 0 Å². The summed E-state index contributed by atoms with van der Waals surface area (Å²) in [5.74, 6) is -0.239. The zero-order chi connectivity index (χ0) is 12.0. The molecule has 0 aromatic carbocycles. The summed E-state index contributed by atoms with van der Waals surface area (Å²) in [6, 6.07) is 2.19. The molecule has 0 saturated carbocycles. The highest BCUT2D eigenvalue weighted by Crippen LogP contribution is 2.31. The molecule has 0 aromatic rings. The average Bonchev–Trinajstić information content (AvgIpc) is 2.80. The van der Waals surface area contributed by atoms with E-state index in [2.05, 4.69) is 11.0 Å². The zero-order valence-corrected chi connectivity index (χ0v) is 10.5. The lowest BCUT2D eigenvalue weighted by atomic mass is 10.0. The largest absolute Gasteiger partial charge is 0.347 e. The van der Waals surface area contributed by atoms with Gasteiger partial charge in [-0.2, -0.15) is 5.26 Å². The molecule has 17 heavy (non-hydrogen) atoms. The van der Waals surface area contributed by atoms with Gasteiger partial charge in [-0.1, -0.05) is 6.42 Å². The third-order valence-corrected chi connectivity index (χ3v) is 3.69. The molecular formula is C13H22N2O2. The number of piperidine rings is 1. The lowest BCUT2D eigenvalue weighted by Crippen LogP contribution is -2.45. The van der Waals surface area contributed by atoms with Gasteiger partial charge in [0.1, 0.15) is 0 Å². The van der Waals surface area contributed by atoms with Gasteiger partial charge in [-0.15, -0.1) is 0 Å². The summed E-state index contributed by atoms with van der Waals surface area (Å²) < 4.78 is 11.4. The Labute approximate surface area is 103 Å². The van der Waals surface area contributed by atoms with Gasteiger partial charge in [0.25, 0.3) is 0 Å². The molecule has 0 aromatic heterocycles. The van der Waals surface area contributed by atoms with Gasteiger partial charge in [0, 0.05) is 32.4 Å². The summed E-state index contributed by atoms with van der Waals surface area (Å²) in [6.07, 6.45) is 6.13. The average molecular weight is 238 g/mol. The van der Waals surface area contributed by atoms with Crippen molar-refractivity contribution in [2.45, 2.75) is 44.3 Å². The van der Waals surface area contributed by atoms with Crippen LogP contribution < -0.4 is 0 Å². The first kappa shape index (κ1) is 12.8. The van der Waals surface area contributed by atoms with E-state index in [9.17, 15) is 0 Å². The molecule has 4 heteroatoms. The Balaban J connectivity index is 1.58. The van der Waals surface area contributed by atoms with Gasteiger partial charge >= 0.3 is 0 Å². The van der Waals surface area contributed by atoms with E-state index in [1.165, 1.54) is 12.8 Å². The monoisotopic (exact) mass is 238 g/mol. The summed E-state index contributed by atoms with van der Waals surface area (Å²) in [6.45, 7) is 4.83. The maximum Gasteiger partial charge on any atom is 0.170 e. The van der Waals surface area contributed by atoms with Gasteiger partial charge in [-0.05, 0) is 19.4 Å². The van der Waals surface area contributed by atoms with Crippen LogP contribution in [0.15, 0.2) is 0 Å². The van der Waals surface area contributed by atoms with Crippen LogP contribution in [-0.2, 0) is 9.47 Å². The molecule has 0 bridgehead atoms. The molecule has 2 rings (SSSR count). The first-order valence-corrected chi connectivity index (χ1v) is 6.72. The lowest BCUT2D eigenvalue weighted by Gasteiger charge is -2.37. The van der Waals surface area contributed by atoms with Crippen LogP contribution in [0.25, 0.3) is 0 Å². The van der Waals surface area contributed by atoms with Crippen molar-refractivity contribution in [2.24, 2.45) is 0 Å². The van der Waals surface area contributed by atoms with Crippen LogP contribution in [0, 0.1) is 11.3 Å². The molecule has 0 atom stereocenters. The third-order valence-electron chi connectivity index (χ3n) is 3.69. The molecule has 2 aliphatic heterocycles. The van der Waals surface area contributed by atoms with Crippen molar-refractivity contribution in [3.8, 4) is 6.07 Å². The van der Waals surface area contributed by atoms with Crippen LogP contribution in [0.2, 0.25) is 0 Å². The Hall–Kier alpha value is -0.630. The number of hydrogen-bond donors (Lipinski definition) is 0. The second-order valence-electron chi connectivity index (χ2n) is 4.92. The van der Waals surface area contributed by atoms with E-state index >= 15 is 0 Å². The molecule has 0 radical (unpaired) electrons. The normalized spacial score (nSPS) is 23.9. The highest BCUT2D eigenvalue weighted by Gasteiger charge is 2.39. The van der Waals surface area contributed by atoms with Crippen molar-refractivity contribution in [3.63, 3.8) is 0 Å². The number of unbranched alkanes of at least 4 members (excludes halogenated alkanes) is 3. The van der Waals surface area contributed by atoms with Gasteiger partial charge in [-0.25, -0.2) is 0 Å². The number of hydrogen-bond acceptors (Lipinski definition) is 4. The van der Waals surface area contributed by atoms with Crippen LogP contribution in [-0.4, -0.2) is 43.5 Å². The van der Waals surface area contributed by atoms with Crippen LogP contribution >= 0.6 is 0 Å². The van der Waals surface area contributed by atoms with E-state index in [1.54, 1.807) is 0 Å². The van der Waals surface area contributed by atoms with Crippen molar-refractivity contribution >= 4 is 0 Å². The minimum atomic E-state index is -0.239. The topological polar surface area (TPSA) is 45.5 Å². The van der Waals surface area contributed by atoms with Crippen molar-refractivity contribution < 1.29 is 9.47 Å². The smallest absolute Gasteiger partial charge is 0.170 e.